The van der Waals surface area contributed by atoms with Crippen LogP contribution in [0, 0.1) is 0 Å². The van der Waals surface area contributed by atoms with Crippen LogP contribution in [0.15, 0.2) is 30.3 Å². The largest absolute Gasteiger partial charge is 0.366 e. The molecule has 15 heavy (non-hydrogen) atoms. The van der Waals surface area contributed by atoms with E-state index < -0.39 is 5.91 Å². The molecule has 0 aromatic heterocycles. The maximum Gasteiger partial charge on any atom is 0.251 e. The summed E-state index contributed by atoms with van der Waals surface area (Å²) in [7, 11) is 1.57. The van der Waals surface area contributed by atoms with Gasteiger partial charge in [0, 0.05) is 18.7 Å². The van der Waals surface area contributed by atoms with E-state index in [0.717, 1.165) is 5.56 Å². The summed E-state index contributed by atoms with van der Waals surface area (Å²) in [6, 6.07) is 6.84. The van der Waals surface area contributed by atoms with Crippen LogP contribution < -0.4 is 11.1 Å². The number of hydrogen-bond donors (Lipinski definition) is 2. The molecule has 1 aromatic carbocycles. The molecule has 0 saturated heterocycles. The van der Waals surface area contributed by atoms with Gasteiger partial charge in [-0.1, -0.05) is 12.1 Å². The van der Waals surface area contributed by atoms with E-state index in [1.54, 1.807) is 37.4 Å². The van der Waals surface area contributed by atoms with Crippen LogP contribution >= 0.6 is 0 Å². The molecule has 0 unspecified atom stereocenters. The van der Waals surface area contributed by atoms with Crippen LogP contribution in [0.4, 0.5) is 0 Å². The first-order valence-corrected chi connectivity index (χ1v) is 4.43. The summed E-state index contributed by atoms with van der Waals surface area (Å²) in [6.07, 6.45) is 2.87. The monoisotopic (exact) mass is 204 g/mol. The number of primary amides is 1. The highest BCUT2D eigenvalue weighted by Gasteiger charge is 2.00. The molecule has 0 bridgehead atoms. The van der Waals surface area contributed by atoms with Crippen LogP contribution in [0.5, 0.6) is 0 Å². The van der Waals surface area contributed by atoms with Gasteiger partial charge in [0.15, 0.2) is 0 Å². The van der Waals surface area contributed by atoms with Crippen molar-refractivity contribution >= 4 is 17.9 Å². The quantitative estimate of drug-likeness (QED) is 0.705. The summed E-state index contributed by atoms with van der Waals surface area (Å²) in [5.41, 5.74) is 6.35. The second-order valence-corrected chi connectivity index (χ2v) is 2.94. The third kappa shape index (κ3) is 3.27. The fourth-order valence-electron chi connectivity index (χ4n) is 1.07. The number of carbonyl (C=O) groups excluding carboxylic acids is 2. The van der Waals surface area contributed by atoms with E-state index in [0.29, 0.717) is 5.56 Å². The molecule has 0 aliphatic heterocycles. The minimum atomic E-state index is -0.495. The number of amides is 2. The number of nitrogens with one attached hydrogen (secondary N) is 1. The zero-order valence-corrected chi connectivity index (χ0v) is 8.36. The summed E-state index contributed by atoms with van der Waals surface area (Å²) in [5, 5.41) is 2.52. The van der Waals surface area contributed by atoms with Gasteiger partial charge in [-0.05, 0) is 23.8 Å². The Morgan fingerprint density at radius 2 is 1.87 bits per heavy atom. The van der Waals surface area contributed by atoms with Gasteiger partial charge in [-0.25, -0.2) is 0 Å². The first-order chi connectivity index (χ1) is 7.13. The summed E-state index contributed by atoms with van der Waals surface area (Å²) >= 11 is 0. The molecule has 0 aliphatic rings. The Morgan fingerprint density at radius 1 is 1.27 bits per heavy atom. The topological polar surface area (TPSA) is 72.2 Å². The Bertz CT molecular complexity index is 394. The van der Waals surface area contributed by atoms with E-state index >= 15 is 0 Å². The molecule has 0 atom stereocenters. The maximum absolute atomic E-state index is 11.2. The van der Waals surface area contributed by atoms with E-state index in [-0.39, 0.29) is 5.91 Å². The summed E-state index contributed by atoms with van der Waals surface area (Å²) in [6.45, 7) is 0. The number of rotatable bonds is 3. The minimum Gasteiger partial charge on any atom is -0.366 e. The lowest BCUT2D eigenvalue weighted by Gasteiger charge is -1.99. The molecule has 0 spiro atoms. The fraction of sp³-hybridized carbons (Fsp3) is 0.0909. The molecule has 2 amide bonds. The average Bonchev–Trinajstić information content (AvgIpc) is 2.26. The predicted octanol–water partition coefficient (Wildman–Crippen LogP) is 0.545. The van der Waals surface area contributed by atoms with E-state index in [1.165, 1.54) is 6.08 Å². The van der Waals surface area contributed by atoms with Crippen molar-refractivity contribution in [3.63, 3.8) is 0 Å². The molecule has 78 valence electrons. The SMILES string of the molecule is CNC(=O)c1ccc(/C=C/C(N)=O)cc1. The van der Waals surface area contributed by atoms with E-state index in [4.69, 9.17) is 5.73 Å². The van der Waals surface area contributed by atoms with Crippen molar-refractivity contribution in [2.24, 2.45) is 5.73 Å². The summed E-state index contributed by atoms with van der Waals surface area (Å²) in [4.78, 5) is 21.7. The lowest BCUT2D eigenvalue weighted by molar-refractivity contribution is -0.113. The van der Waals surface area contributed by atoms with Crippen molar-refractivity contribution in [2.45, 2.75) is 0 Å². The van der Waals surface area contributed by atoms with Crippen molar-refractivity contribution in [1.82, 2.24) is 5.32 Å². The first kappa shape index (κ1) is 11.0. The number of nitrogens with two attached hydrogens (primary N) is 1. The van der Waals surface area contributed by atoms with Crippen LogP contribution in [0.25, 0.3) is 6.08 Å². The minimum absolute atomic E-state index is 0.138. The molecule has 0 heterocycles. The van der Waals surface area contributed by atoms with E-state index in [1.807, 2.05) is 0 Å². The molecule has 1 aromatic rings. The molecule has 0 aliphatic carbocycles. The summed E-state index contributed by atoms with van der Waals surface area (Å²) < 4.78 is 0. The van der Waals surface area contributed by atoms with Gasteiger partial charge in [-0.15, -0.1) is 0 Å². The predicted molar refractivity (Wildman–Crippen MR) is 58.1 cm³/mol. The average molecular weight is 204 g/mol. The Morgan fingerprint density at radius 3 is 2.33 bits per heavy atom. The number of hydrogen-bond acceptors (Lipinski definition) is 2. The van der Waals surface area contributed by atoms with Crippen molar-refractivity contribution in [1.29, 1.82) is 0 Å². The lowest BCUT2D eigenvalue weighted by Crippen LogP contribution is -2.17. The van der Waals surface area contributed by atoms with Crippen LogP contribution in [-0.4, -0.2) is 18.9 Å². The van der Waals surface area contributed by atoms with Crippen molar-refractivity contribution in [3.05, 3.63) is 41.5 Å². The second-order valence-electron chi connectivity index (χ2n) is 2.94. The molecular formula is C11H12N2O2. The Kier molecular flexibility index (Phi) is 3.62. The lowest BCUT2D eigenvalue weighted by atomic mass is 10.1. The Balaban J connectivity index is 2.81. The molecule has 1 rings (SSSR count). The van der Waals surface area contributed by atoms with Gasteiger partial charge in [0.2, 0.25) is 5.91 Å². The van der Waals surface area contributed by atoms with Crippen molar-refractivity contribution < 1.29 is 9.59 Å². The van der Waals surface area contributed by atoms with Crippen LogP contribution in [0.3, 0.4) is 0 Å². The maximum atomic E-state index is 11.2. The highest BCUT2D eigenvalue weighted by molar-refractivity contribution is 5.94. The van der Waals surface area contributed by atoms with E-state index in [9.17, 15) is 9.59 Å². The van der Waals surface area contributed by atoms with Gasteiger partial charge in [-0.3, -0.25) is 9.59 Å². The van der Waals surface area contributed by atoms with Gasteiger partial charge in [0.05, 0.1) is 0 Å². The number of carbonyl (C=O) groups is 2. The Labute approximate surface area is 87.8 Å². The van der Waals surface area contributed by atoms with Crippen LogP contribution in [0.2, 0.25) is 0 Å². The standard InChI is InChI=1S/C11H12N2O2/c1-13-11(15)9-5-2-8(3-6-9)4-7-10(12)14/h2-7H,1H3,(H2,12,14)(H,13,15)/b7-4+. The highest BCUT2D eigenvalue weighted by atomic mass is 16.1. The molecule has 0 saturated carbocycles. The molecular weight excluding hydrogens is 192 g/mol. The third-order valence-corrected chi connectivity index (χ3v) is 1.84. The van der Waals surface area contributed by atoms with Crippen molar-refractivity contribution in [2.75, 3.05) is 7.05 Å². The van der Waals surface area contributed by atoms with Gasteiger partial charge >= 0.3 is 0 Å². The molecule has 0 fully saturated rings. The number of benzene rings is 1. The zero-order chi connectivity index (χ0) is 11.3. The fourth-order valence-corrected chi connectivity index (χ4v) is 1.07. The van der Waals surface area contributed by atoms with Crippen LogP contribution in [0.1, 0.15) is 15.9 Å². The summed E-state index contributed by atoms with van der Waals surface area (Å²) in [5.74, 6) is -0.634. The second kappa shape index (κ2) is 4.95. The Hall–Kier alpha value is -2.10. The van der Waals surface area contributed by atoms with Gasteiger partial charge < -0.3 is 11.1 Å². The first-order valence-electron chi connectivity index (χ1n) is 4.43. The smallest absolute Gasteiger partial charge is 0.251 e. The van der Waals surface area contributed by atoms with Gasteiger partial charge in [0.1, 0.15) is 0 Å². The van der Waals surface area contributed by atoms with Gasteiger partial charge in [0.25, 0.3) is 5.91 Å². The van der Waals surface area contributed by atoms with Gasteiger partial charge in [-0.2, -0.15) is 0 Å². The third-order valence-electron chi connectivity index (χ3n) is 1.84. The molecule has 4 nitrogen and oxygen atoms in total. The highest BCUT2D eigenvalue weighted by Crippen LogP contribution is 2.05. The molecule has 4 heteroatoms. The zero-order valence-electron chi connectivity index (χ0n) is 8.36. The normalized spacial score (nSPS) is 10.2. The molecule has 0 radical (unpaired) electrons. The van der Waals surface area contributed by atoms with Crippen LogP contribution in [-0.2, 0) is 4.79 Å². The van der Waals surface area contributed by atoms with Crippen molar-refractivity contribution in [3.8, 4) is 0 Å². The van der Waals surface area contributed by atoms with E-state index in [2.05, 4.69) is 5.32 Å². The molecule has 3 N–H and O–H groups in total.